The van der Waals surface area contributed by atoms with Crippen LogP contribution in [0.5, 0.6) is 0 Å². The molecule has 192 valence electrons. The Hall–Kier alpha value is -3.22. The highest BCUT2D eigenvalue weighted by Crippen LogP contribution is 2.31. The lowest BCUT2D eigenvalue weighted by molar-refractivity contribution is -0.0327. The van der Waals surface area contributed by atoms with Gasteiger partial charge in [0.15, 0.2) is 0 Å². The highest BCUT2D eigenvalue weighted by Gasteiger charge is 2.30. The molecule has 3 aliphatic heterocycles. The summed E-state index contributed by atoms with van der Waals surface area (Å²) in [6.45, 7) is 10.0. The SMILES string of the molecule is C[C@@H]1CN(c2ccc(C#N)c3ncccc23)C[C@H](CN2CCN(c3ccc4c(c3)C(O)CNC4)CC2)O1. The van der Waals surface area contributed by atoms with Gasteiger partial charge in [-0.25, -0.2) is 0 Å². The molecule has 3 aromatic rings. The van der Waals surface area contributed by atoms with Crippen LogP contribution in [0.15, 0.2) is 48.7 Å². The summed E-state index contributed by atoms with van der Waals surface area (Å²) in [5.74, 6) is 0. The third-order valence-corrected chi connectivity index (χ3v) is 7.87. The van der Waals surface area contributed by atoms with Gasteiger partial charge in [-0.1, -0.05) is 6.07 Å². The number of nitrogens with zero attached hydrogens (tertiary/aromatic N) is 5. The van der Waals surface area contributed by atoms with E-state index in [4.69, 9.17) is 4.74 Å². The fourth-order valence-corrected chi connectivity index (χ4v) is 6.05. The van der Waals surface area contributed by atoms with Crippen LogP contribution in [-0.4, -0.2) is 79.6 Å². The maximum absolute atomic E-state index is 10.4. The first-order chi connectivity index (χ1) is 18.1. The number of ether oxygens (including phenoxy) is 1. The summed E-state index contributed by atoms with van der Waals surface area (Å²) >= 11 is 0. The number of nitriles is 1. The zero-order valence-corrected chi connectivity index (χ0v) is 21.3. The summed E-state index contributed by atoms with van der Waals surface area (Å²) < 4.78 is 6.38. The van der Waals surface area contributed by atoms with Crippen molar-refractivity contribution in [1.29, 1.82) is 5.26 Å². The quantitative estimate of drug-likeness (QED) is 0.568. The number of benzene rings is 2. The number of hydrogen-bond acceptors (Lipinski definition) is 8. The van der Waals surface area contributed by atoms with Crippen LogP contribution >= 0.6 is 0 Å². The lowest BCUT2D eigenvalue weighted by Crippen LogP contribution is -2.54. The van der Waals surface area contributed by atoms with Gasteiger partial charge < -0.3 is 25.0 Å². The zero-order valence-electron chi connectivity index (χ0n) is 21.3. The normalized spacial score (nSPS) is 24.6. The molecule has 0 radical (unpaired) electrons. The number of morpholine rings is 1. The second-order valence-electron chi connectivity index (χ2n) is 10.4. The van der Waals surface area contributed by atoms with E-state index in [0.29, 0.717) is 12.1 Å². The van der Waals surface area contributed by atoms with E-state index in [0.717, 1.165) is 74.5 Å². The summed E-state index contributed by atoms with van der Waals surface area (Å²) in [6, 6.07) is 16.7. The standard InChI is InChI=1S/C29H34N6O2/c1-20-17-35(27-7-5-21(14-30)29-25(27)3-2-8-32-29)19-24(37-20)18-33-9-11-34(12-10-33)23-6-4-22-15-31-16-28(36)26(22)13-23/h2-8,13,20,24,28,31,36H,9-12,15-19H2,1H3/t20-,24+,28?/m1/s1. The van der Waals surface area contributed by atoms with Crippen molar-refractivity contribution in [1.82, 2.24) is 15.2 Å². The highest BCUT2D eigenvalue weighted by molar-refractivity contribution is 5.95. The van der Waals surface area contributed by atoms with Gasteiger partial charge in [-0.3, -0.25) is 9.88 Å². The number of rotatable bonds is 4. The topological polar surface area (TPSA) is 87.9 Å². The monoisotopic (exact) mass is 498 g/mol. The predicted molar refractivity (Wildman–Crippen MR) is 145 cm³/mol. The molecule has 2 N–H and O–H groups in total. The molecule has 37 heavy (non-hydrogen) atoms. The van der Waals surface area contributed by atoms with Gasteiger partial charge in [0.2, 0.25) is 0 Å². The van der Waals surface area contributed by atoms with Crippen LogP contribution in [0.3, 0.4) is 0 Å². The minimum absolute atomic E-state index is 0.115. The Kier molecular flexibility index (Phi) is 6.70. The van der Waals surface area contributed by atoms with E-state index >= 15 is 0 Å². The molecular weight excluding hydrogens is 464 g/mol. The fraction of sp³-hybridized carbons (Fsp3) is 0.448. The summed E-state index contributed by atoms with van der Waals surface area (Å²) in [6.07, 6.45) is 1.56. The molecular formula is C29H34N6O2. The molecule has 4 heterocycles. The average molecular weight is 499 g/mol. The van der Waals surface area contributed by atoms with Crippen molar-refractivity contribution in [3.63, 3.8) is 0 Å². The van der Waals surface area contributed by atoms with Crippen LogP contribution in [0.2, 0.25) is 0 Å². The first-order valence-corrected chi connectivity index (χ1v) is 13.3. The molecule has 2 saturated heterocycles. The van der Waals surface area contributed by atoms with Gasteiger partial charge in [-0.2, -0.15) is 5.26 Å². The number of pyridine rings is 1. The van der Waals surface area contributed by atoms with Crippen LogP contribution in [0.4, 0.5) is 11.4 Å². The van der Waals surface area contributed by atoms with Crippen LogP contribution in [0.25, 0.3) is 10.9 Å². The van der Waals surface area contributed by atoms with E-state index in [1.54, 1.807) is 6.20 Å². The minimum atomic E-state index is -0.428. The van der Waals surface area contributed by atoms with Crippen LogP contribution < -0.4 is 15.1 Å². The van der Waals surface area contributed by atoms with Crippen molar-refractivity contribution in [2.45, 2.75) is 31.8 Å². The summed E-state index contributed by atoms with van der Waals surface area (Å²) in [5.41, 5.74) is 5.96. The number of nitrogens with one attached hydrogen (secondary N) is 1. The van der Waals surface area contributed by atoms with E-state index in [9.17, 15) is 10.4 Å². The number of piperazine rings is 1. The van der Waals surface area contributed by atoms with E-state index in [2.05, 4.69) is 68.3 Å². The molecule has 8 heteroatoms. The van der Waals surface area contributed by atoms with E-state index < -0.39 is 6.10 Å². The zero-order chi connectivity index (χ0) is 25.4. The Morgan fingerprint density at radius 1 is 1.11 bits per heavy atom. The molecule has 3 aliphatic rings. The van der Waals surface area contributed by atoms with Gasteiger partial charge in [-0.15, -0.1) is 0 Å². The molecule has 6 rings (SSSR count). The Bertz CT molecular complexity index is 1320. The number of anilines is 2. The number of aliphatic hydroxyl groups excluding tert-OH is 1. The van der Waals surface area contributed by atoms with Crippen molar-refractivity contribution in [3.05, 3.63) is 65.4 Å². The third-order valence-electron chi connectivity index (χ3n) is 7.87. The van der Waals surface area contributed by atoms with Crippen molar-refractivity contribution >= 4 is 22.3 Å². The molecule has 1 aromatic heterocycles. The first kappa shape index (κ1) is 24.1. The molecule has 0 aliphatic carbocycles. The molecule has 0 spiro atoms. The summed E-state index contributed by atoms with van der Waals surface area (Å²) in [5, 5.41) is 24.2. The average Bonchev–Trinajstić information content (AvgIpc) is 2.92. The number of fused-ring (bicyclic) bond motifs is 2. The van der Waals surface area contributed by atoms with Crippen LogP contribution in [0.1, 0.15) is 29.7 Å². The Morgan fingerprint density at radius 3 is 2.81 bits per heavy atom. The van der Waals surface area contributed by atoms with Crippen LogP contribution in [-0.2, 0) is 11.3 Å². The van der Waals surface area contributed by atoms with E-state index in [1.165, 1.54) is 11.3 Å². The maximum Gasteiger partial charge on any atom is 0.101 e. The van der Waals surface area contributed by atoms with Gasteiger partial charge in [0, 0.05) is 81.9 Å². The Labute approximate surface area is 218 Å². The third kappa shape index (κ3) is 4.88. The van der Waals surface area contributed by atoms with Gasteiger partial charge in [0.25, 0.3) is 0 Å². The maximum atomic E-state index is 10.4. The van der Waals surface area contributed by atoms with Crippen LogP contribution in [0, 0.1) is 11.3 Å². The minimum Gasteiger partial charge on any atom is -0.387 e. The van der Waals surface area contributed by atoms with Crippen molar-refractivity contribution < 1.29 is 9.84 Å². The Morgan fingerprint density at radius 2 is 1.97 bits per heavy atom. The largest absolute Gasteiger partial charge is 0.387 e. The first-order valence-electron chi connectivity index (χ1n) is 13.3. The number of aliphatic hydroxyl groups is 1. The van der Waals surface area contributed by atoms with Crippen molar-refractivity contribution in [3.8, 4) is 6.07 Å². The highest BCUT2D eigenvalue weighted by atomic mass is 16.5. The number of aromatic nitrogens is 1. The lowest BCUT2D eigenvalue weighted by atomic mass is 9.97. The summed E-state index contributed by atoms with van der Waals surface area (Å²) in [4.78, 5) is 11.8. The smallest absolute Gasteiger partial charge is 0.101 e. The predicted octanol–water partition coefficient (Wildman–Crippen LogP) is 2.66. The molecule has 3 atom stereocenters. The molecule has 0 amide bonds. The second-order valence-corrected chi connectivity index (χ2v) is 10.4. The van der Waals surface area contributed by atoms with Crippen molar-refractivity contribution in [2.24, 2.45) is 0 Å². The van der Waals surface area contributed by atoms with Crippen molar-refractivity contribution in [2.75, 3.05) is 62.2 Å². The van der Waals surface area contributed by atoms with E-state index in [1.807, 2.05) is 12.1 Å². The van der Waals surface area contributed by atoms with Gasteiger partial charge in [-0.05, 0) is 54.4 Å². The summed E-state index contributed by atoms with van der Waals surface area (Å²) in [7, 11) is 0. The van der Waals surface area contributed by atoms with E-state index in [-0.39, 0.29) is 12.2 Å². The molecule has 2 aromatic carbocycles. The molecule has 8 nitrogen and oxygen atoms in total. The second kappa shape index (κ2) is 10.3. The van der Waals surface area contributed by atoms with Gasteiger partial charge in [0.05, 0.1) is 29.4 Å². The molecule has 1 unspecified atom stereocenters. The Balaban J connectivity index is 1.11. The van der Waals surface area contributed by atoms with Gasteiger partial charge >= 0.3 is 0 Å². The molecule has 2 fully saturated rings. The number of hydrogen-bond donors (Lipinski definition) is 2. The number of β-amino-alcohol motifs (C(OH)–C–C–N with tert-alkyl or cyclic N) is 1. The van der Waals surface area contributed by atoms with Gasteiger partial charge in [0.1, 0.15) is 6.07 Å². The molecule has 0 bridgehead atoms. The fourth-order valence-electron chi connectivity index (χ4n) is 6.05. The molecule has 0 saturated carbocycles. The lowest BCUT2D eigenvalue weighted by Gasteiger charge is -2.42.